The SMILES string of the molecule is CCCCCc1cnc(N=Nc2ncccn2)nc1N. The van der Waals surface area contributed by atoms with Crippen LogP contribution in [0.25, 0.3) is 0 Å². The van der Waals surface area contributed by atoms with Crippen molar-refractivity contribution in [2.45, 2.75) is 32.6 Å². The van der Waals surface area contributed by atoms with Gasteiger partial charge in [-0.25, -0.2) is 15.0 Å². The molecule has 2 aromatic heterocycles. The van der Waals surface area contributed by atoms with Crippen LogP contribution in [0.4, 0.5) is 17.7 Å². The highest BCUT2D eigenvalue weighted by Crippen LogP contribution is 2.16. The number of unbranched alkanes of at least 4 members (excludes halogenated alkanes) is 2. The maximum atomic E-state index is 5.89. The van der Waals surface area contributed by atoms with E-state index in [0.717, 1.165) is 18.4 Å². The number of aryl methyl sites for hydroxylation is 1. The highest BCUT2D eigenvalue weighted by atomic mass is 15.3. The minimum absolute atomic E-state index is 0.217. The summed E-state index contributed by atoms with van der Waals surface area (Å²) in [5.41, 5.74) is 6.84. The zero-order valence-corrected chi connectivity index (χ0v) is 11.4. The van der Waals surface area contributed by atoms with E-state index in [1.54, 1.807) is 24.7 Å². The van der Waals surface area contributed by atoms with Crippen LogP contribution in [0, 0.1) is 0 Å². The number of nitrogens with two attached hydrogens (primary N) is 1. The molecule has 0 atom stereocenters. The Bertz CT molecular complexity index is 568. The summed E-state index contributed by atoms with van der Waals surface area (Å²) in [6.45, 7) is 2.16. The Morgan fingerprint density at radius 2 is 1.80 bits per heavy atom. The smallest absolute Gasteiger partial charge is 0.270 e. The van der Waals surface area contributed by atoms with Crippen LogP contribution in [0.2, 0.25) is 0 Å². The molecule has 2 rings (SSSR count). The Kier molecular flexibility index (Phi) is 5.05. The van der Waals surface area contributed by atoms with Crippen LogP contribution >= 0.6 is 0 Å². The topological polar surface area (TPSA) is 102 Å². The van der Waals surface area contributed by atoms with E-state index in [9.17, 15) is 0 Å². The third-order valence-corrected chi connectivity index (χ3v) is 2.72. The van der Waals surface area contributed by atoms with Crippen LogP contribution in [0.3, 0.4) is 0 Å². The Labute approximate surface area is 117 Å². The van der Waals surface area contributed by atoms with Gasteiger partial charge in [0, 0.05) is 24.2 Å². The Morgan fingerprint density at radius 1 is 1.05 bits per heavy atom. The van der Waals surface area contributed by atoms with Gasteiger partial charge in [-0.2, -0.15) is 4.98 Å². The molecule has 0 aromatic carbocycles. The summed E-state index contributed by atoms with van der Waals surface area (Å²) < 4.78 is 0. The van der Waals surface area contributed by atoms with Crippen molar-refractivity contribution in [3.63, 3.8) is 0 Å². The van der Waals surface area contributed by atoms with Crippen LogP contribution < -0.4 is 5.73 Å². The van der Waals surface area contributed by atoms with Gasteiger partial charge in [-0.15, -0.1) is 10.2 Å². The quantitative estimate of drug-likeness (QED) is 0.642. The van der Waals surface area contributed by atoms with Gasteiger partial charge in [-0.05, 0) is 18.9 Å². The van der Waals surface area contributed by atoms with Crippen molar-refractivity contribution in [2.24, 2.45) is 10.2 Å². The second-order valence-corrected chi connectivity index (χ2v) is 4.29. The van der Waals surface area contributed by atoms with E-state index >= 15 is 0 Å². The third kappa shape index (κ3) is 4.04. The molecule has 0 aliphatic heterocycles. The molecule has 0 aliphatic carbocycles. The van der Waals surface area contributed by atoms with E-state index in [1.807, 2.05) is 0 Å². The molecule has 7 heteroatoms. The molecule has 2 N–H and O–H groups in total. The molecular weight excluding hydrogens is 254 g/mol. The number of rotatable bonds is 6. The molecule has 2 aromatic rings. The minimum Gasteiger partial charge on any atom is -0.383 e. The molecule has 7 nitrogen and oxygen atoms in total. The fraction of sp³-hybridized carbons (Fsp3) is 0.385. The van der Waals surface area contributed by atoms with Gasteiger partial charge in [0.1, 0.15) is 5.82 Å². The van der Waals surface area contributed by atoms with Gasteiger partial charge in [0.25, 0.3) is 11.9 Å². The summed E-state index contributed by atoms with van der Waals surface area (Å²) in [6, 6.07) is 1.71. The zero-order valence-electron chi connectivity index (χ0n) is 11.4. The lowest BCUT2D eigenvalue weighted by atomic mass is 10.1. The lowest BCUT2D eigenvalue weighted by Gasteiger charge is -2.03. The van der Waals surface area contributed by atoms with Crippen molar-refractivity contribution in [3.8, 4) is 0 Å². The maximum absolute atomic E-state index is 5.89. The molecule has 0 radical (unpaired) electrons. The molecule has 0 spiro atoms. The summed E-state index contributed by atoms with van der Waals surface area (Å²) in [5, 5.41) is 7.72. The fourth-order valence-electron chi connectivity index (χ4n) is 1.65. The van der Waals surface area contributed by atoms with Crippen molar-refractivity contribution < 1.29 is 0 Å². The molecule has 0 saturated heterocycles. The van der Waals surface area contributed by atoms with Crippen LogP contribution in [-0.2, 0) is 6.42 Å². The molecule has 2 heterocycles. The normalized spacial score (nSPS) is 11.1. The molecule has 0 fully saturated rings. The van der Waals surface area contributed by atoms with Gasteiger partial charge in [0.15, 0.2) is 0 Å². The second kappa shape index (κ2) is 7.22. The van der Waals surface area contributed by atoms with Gasteiger partial charge in [-0.3, -0.25) is 0 Å². The van der Waals surface area contributed by atoms with Crippen LogP contribution in [-0.4, -0.2) is 19.9 Å². The summed E-state index contributed by atoms with van der Waals surface area (Å²) in [4.78, 5) is 16.1. The van der Waals surface area contributed by atoms with Crippen molar-refractivity contribution in [1.29, 1.82) is 0 Å². The predicted octanol–water partition coefficient (Wildman–Crippen LogP) is 3.00. The van der Waals surface area contributed by atoms with E-state index in [1.165, 1.54) is 12.8 Å². The maximum Gasteiger partial charge on any atom is 0.270 e. The molecule has 0 amide bonds. The standard InChI is InChI=1S/C13H17N7/c1-2-3-4-6-10-9-17-13(18-11(10)14)20-19-12-15-7-5-8-16-12/h5,7-9H,2-4,6H2,1H3,(H2,14,17,18). The summed E-state index contributed by atoms with van der Waals surface area (Å²) in [7, 11) is 0. The number of hydrogen-bond donors (Lipinski definition) is 1. The number of nitrogen functional groups attached to an aromatic ring is 1. The van der Waals surface area contributed by atoms with Crippen LogP contribution in [0.15, 0.2) is 34.9 Å². The monoisotopic (exact) mass is 271 g/mol. The largest absolute Gasteiger partial charge is 0.383 e. The summed E-state index contributed by atoms with van der Waals surface area (Å²) in [6.07, 6.45) is 9.21. The van der Waals surface area contributed by atoms with Gasteiger partial charge in [-0.1, -0.05) is 19.8 Å². The number of hydrogen-bond acceptors (Lipinski definition) is 7. The molecule has 0 aliphatic rings. The van der Waals surface area contributed by atoms with Crippen molar-refractivity contribution in [3.05, 3.63) is 30.2 Å². The zero-order chi connectivity index (χ0) is 14.2. The first-order chi connectivity index (χ1) is 9.79. The Balaban J connectivity index is 2.03. The number of azo groups is 1. The summed E-state index contributed by atoms with van der Waals surface area (Å²) in [5.74, 6) is 0.940. The van der Waals surface area contributed by atoms with Gasteiger partial charge in [0.2, 0.25) is 0 Å². The van der Waals surface area contributed by atoms with Gasteiger partial charge < -0.3 is 5.73 Å². The average Bonchev–Trinajstić information content (AvgIpc) is 2.48. The highest BCUT2D eigenvalue weighted by Gasteiger charge is 2.03. The first-order valence-corrected chi connectivity index (χ1v) is 6.59. The van der Waals surface area contributed by atoms with E-state index in [2.05, 4.69) is 37.1 Å². The number of aromatic nitrogens is 4. The first kappa shape index (κ1) is 14.0. The molecule has 0 unspecified atom stereocenters. The Morgan fingerprint density at radius 3 is 2.50 bits per heavy atom. The molecule has 20 heavy (non-hydrogen) atoms. The molecule has 0 saturated carbocycles. The van der Waals surface area contributed by atoms with Gasteiger partial charge in [0.05, 0.1) is 0 Å². The van der Waals surface area contributed by atoms with E-state index in [-0.39, 0.29) is 11.9 Å². The second-order valence-electron chi connectivity index (χ2n) is 4.29. The number of anilines is 1. The Hall–Kier alpha value is -2.44. The van der Waals surface area contributed by atoms with Gasteiger partial charge >= 0.3 is 0 Å². The van der Waals surface area contributed by atoms with Crippen LogP contribution in [0.1, 0.15) is 31.7 Å². The van der Waals surface area contributed by atoms with E-state index in [0.29, 0.717) is 5.82 Å². The van der Waals surface area contributed by atoms with Crippen molar-refractivity contribution in [2.75, 3.05) is 5.73 Å². The van der Waals surface area contributed by atoms with Crippen LogP contribution in [0.5, 0.6) is 0 Å². The molecular formula is C13H17N7. The van der Waals surface area contributed by atoms with E-state index < -0.39 is 0 Å². The fourth-order valence-corrected chi connectivity index (χ4v) is 1.65. The molecule has 104 valence electrons. The number of nitrogens with zero attached hydrogens (tertiary/aromatic N) is 6. The van der Waals surface area contributed by atoms with Crippen molar-refractivity contribution in [1.82, 2.24) is 19.9 Å². The van der Waals surface area contributed by atoms with E-state index in [4.69, 9.17) is 5.73 Å². The first-order valence-electron chi connectivity index (χ1n) is 6.59. The summed E-state index contributed by atoms with van der Waals surface area (Å²) >= 11 is 0. The highest BCUT2D eigenvalue weighted by molar-refractivity contribution is 5.41. The molecule has 0 bridgehead atoms. The third-order valence-electron chi connectivity index (χ3n) is 2.72. The lowest BCUT2D eigenvalue weighted by molar-refractivity contribution is 0.715. The predicted molar refractivity (Wildman–Crippen MR) is 75.9 cm³/mol. The van der Waals surface area contributed by atoms with Crippen molar-refractivity contribution >= 4 is 17.7 Å². The minimum atomic E-state index is 0.217. The lowest BCUT2D eigenvalue weighted by Crippen LogP contribution is -1.99. The average molecular weight is 271 g/mol.